The second-order valence-corrected chi connectivity index (χ2v) is 6.37. The highest BCUT2D eigenvalue weighted by Crippen LogP contribution is 2.31. The molecule has 15 heavy (non-hydrogen) atoms. The lowest BCUT2D eigenvalue weighted by molar-refractivity contribution is 0.604. The minimum absolute atomic E-state index is 0.279. The molecule has 1 aromatic rings. The van der Waals surface area contributed by atoms with Crippen LogP contribution >= 0.6 is 33.9 Å². The molecule has 0 amide bonds. The maximum atomic E-state index is 11.2. The molecule has 1 aromatic carbocycles. The lowest BCUT2D eigenvalue weighted by Crippen LogP contribution is -2.04. The summed E-state index contributed by atoms with van der Waals surface area (Å²) in [5, 5.41) is -0.342. The molecule has 0 N–H and O–H groups in total. The first-order chi connectivity index (χ1) is 6.86. The molecular weight excluding hydrogens is 279 g/mol. The Balaban J connectivity index is 3.26. The number of hydrogen-bond donors (Lipinski definition) is 0. The van der Waals surface area contributed by atoms with Gasteiger partial charge in [-0.1, -0.05) is 35.3 Å². The van der Waals surface area contributed by atoms with Gasteiger partial charge in [0.05, 0.1) is 10.0 Å². The van der Waals surface area contributed by atoms with Crippen LogP contribution in [0.15, 0.2) is 30.9 Å². The van der Waals surface area contributed by atoms with Gasteiger partial charge in [0, 0.05) is 10.7 Å². The Morgan fingerprint density at radius 3 is 2.27 bits per heavy atom. The summed E-state index contributed by atoms with van der Waals surface area (Å²) >= 11 is 11.5. The van der Waals surface area contributed by atoms with Crippen LogP contribution in [-0.2, 0) is 9.05 Å². The van der Waals surface area contributed by atoms with Crippen molar-refractivity contribution in [3.05, 3.63) is 46.5 Å². The number of hydrogen-bond acceptors (Lipinski definition) is 2. The van der Waals surface area contributed by atoms with E-state index >= 15 is 0 Å². The second-order valence-electron chi connectivity index (χ2n) is 2.81. The summed E-state index contributed by atoms with van der Waals surface area (Å²) < 4.78 is 22.4. The zero-order valence-corrected chi connectivity index (χ0v) is 10.5. The van der Waals surface area contributed by atoms with Gasteiger partial charge in [0.15, 0.2) is 0 Å². The summed E-state index contributed by atoms with van der Waals surface area (Å²) in [6.07, 6.45) is 1.24. The van der Waals surface area contributed by atoms with Crippen LogP contribution in [0.25, 0.3) is 0 Å². The van der Waals surface area contributed by atoms with E-state index in [-0.39, 0.29) is 5.02 Å². The van der Waals surface area contributed by atoms with Gasteiger partial charge in [-0.2, -0.15) is 0 Å². The van der Waals surface area contributed by atoms with Gasteiger partial charge in [-0.15, -0.1) is 6.58 Å². The van der Waals surface area contributed by atoms with Crippen molar-refractivity contribution in [2.45, 2.75) is 5.25 Å². The Morgan fingerprint density at radius 2 is 1.87 bits per heavy atom. The fourth-order valence-corrected chi connectivity index (χ4v) is 2.64. The fourth-order valence-electron chi connectivity index (χ4n) is 1.10. The Hall–Kier alpha value is -0.220. The van der Waals surface area contributed by atoms with E-state index in [0.29, 0.717) is 10.6 Å². The van der Waals surface area contributed by atoms with Gasteiger partial charge < -0.3 is 0 Å². The molecule has 1 rings (SSSR count). The topological polar surface area (TPSA) is 34.1 Å². The summed E-state index contributed by atoms with van der Waals surface area (Å²) in [6.45, 7) is 3.42. The van der Waals surface area contributed by atoms with Gasteiger partial charge in [-0.25, -0.2) is 8.42 Å². The Morgan fingerprint density at radius 1 is 1.27 bits per heavy atom. The van der Waals surface area contributed by atoms with Crippen molar-refractivity contribution in [3.63, 3.8) is 0 Å². The van der Waals surface area contributed by atoms with Gasteiger partial charge in [0.25, 0.3) is 0 Å². The maximum Gasteiger partial charge on any atom is 0.243 e. The molecule has 0 saturated heterocycles. The van der Waals surface area contributed by atoms with Crippen molar-refractivity contribution in [1.29, 1.82) is 0 Å². The predicted molar refractivity (Wildman–Crippen MR) is 64.2 cm³/mol. The number of rotatable bonds is 3. The lowest BCUT2D eigenvalue weighted by atomic mass is 10.1. The molecule has 1 unspecified atom stereocenters. The summed E-state index contributed by atoms with van der Waals surface area (Å²) in [5.74, 6) is 0. The molecule has 0 heterocycles. The number of halogens is 3. The predicted octanol–water partition coefficient (Wildman–Crippen LogP) is 3.79. The second kappa shape index (κ2) is 4.74. The molecular formula is C9H7Cl3O2S. The normalized spacial score (nSPS) is 13.5. The lowest BCUT2D eigenvalue weighted by Gasteiger charge is -2.09. The SMILES string of the molecule is C=CC(c1ccc(Cl)c(Cl)c1)S(=O)(=O)Cl. The van der Waals surface area contributed by atoms with E-state index in [2.05, 4.69) is 6.58 Å². The third kappa shape index (κ3) is 3.11. The molecule has 0 bridgehead atoms. The zero-order valence-electron chi connectivity index (χ0n) is 7.45. The van der Waals surface area contributed by atoms with E-state index in [1.54, 1.807) is 6.07 Å². The maximum absolute atomic E-state index is 11.2. The third-order valence-corrected chi connectivity index (χ3v) is 4.18. The third-order valence-electron chi connectivity index (χ3n) is 1.79. The van der Waals surface area contributed by atoms with Crippen LogP contribution in [0.4, 0.5) is 0 Å². The van der Waals surface area contributed by atoms with E-state index in [4.69, 9.17) is 33.9 Å². The summed E-state index contributed by atoms with van der Waals surface area (Å²) in [4.78, 5) is 0. The average molecular weight is 286 g/mol. The fraction of sp³-hybridized carbons (Fsp3) is 0.111. The van der Waals surface area contributed by atoms with E-state index in [1.165, 1.54) is 18.2 Å². The Labute approximate surface area is 103 Å². The van der Waals surface area contributed by atoms with Crippen molar-refractivity contribution in [2.75, 3.05) is 0 Å². The average Bonchev–Trinajstić information content (AvgIpc) is 2.10. The van der Waals surface area contributed by atoms with Crippen LogP contribution in [0.2, 0.25) is 10.0 Å². The van der Waals surface area contributed by atoms with E-state index in [9.17, 15) is 8.42 Å². The minimum atomic E-state index is -3.75. The molecule has 0 aliphatic rings. The largest absolute Gasteiger partial charge is 0.243 e. The van der Waals surface area contributed by atoms with E-state index in [0.717, 1.165) is 0 Å². The highest BCUT2D eigenvalue weighted by molar-refractivity contribution is 8.14. The van der Waals surface area contributed by atoms with Crippen molar-refractivity contribution < 1.29 is 8.42 Å². The Bertz CT molecular complexity index is 482. The van der Waals surface area contributed by atoms with Gasteiger partial charge in [0.1, 0.15) is 5.25 Å². The Kier molecular flexibility index (Phi) is 4.06. The van der Waals surface area contributed by atoms with Gasteiger partial charge in [0.2, 0.25) is 9.05 Å². The first kappa shape index (κ1) is 12.8. The minimum Gasteiger partial charge on any atom is -0.211 e. The molecule has 0 saturated carbocycles. The van der Waals surface area contributed by atoms with Crippen molar-refractivity contribution in [3.8, 4) is 0 Å². The molecule has 82 valence electrons. The first-order valence-electron chi connectivity index (χ1n) is 3.87. The molecule has 0 fully saturated rings. The highest BCUT2D eigenvalue weighted by atomic mass is 35.7. The van der Waals surface area contributed by atoms with Crippen molar-refractivity contribution >= 4 is 42.9 Å². The summed E-state index contributed by atoms with van der Waals surface area (Å²) in [6, 6.07) is 4.51. The van der Waals surface area contributed by atoms with Crippen molar-refractivity contribution in [2.24, 2.45) is 0 Å². The molecule has 0 aliphatic carbocycles. The monoisotopic (exact) mass is 284 g/mol. The quantitative estimate of drug-likeness (QED) is 0.625. The summed E-state index contributed by atoms with van der Waals surface area (Å²) in [7, 11) is 1.51. The molecule has 6 heteroatoms. The zero-order chi connectivity index (χ0) is 11.6. The van der Waals surface area contributed by atoms with Crippen molar-refractivity contribution in [1.82, 2.24) is 0 Å². The summed E-state index contributed by atoms with van der Waals surface area (Å²) in [5.41, 5.74) is 0.439. The molecule has 2 nitrogen and oxygen atoms in total. The standard InChI is InChI=1S/C9H7Cl3O2S/c1-2-9(15(12,13)14)6-3-4-7(10)8(11)5-6/h2-5,9H,1H2. The van der Waals surface area contributed by atoms with Gasteiger partial charge in [-0.3, -0.25) is 0 Å². The van der Waals surface area contributed by atoms with Crippen LogP contribution < -0.4 is 0 Å². The molecule has 0 aromatic heterocycles. The van der Waals surface area contributed by atoms with Crippen LogP contribution in [-0.4, -0.2) is 8.42 Å². The van der Waals surface area contributed by atoms with E-state index < -0.39 is 14.3 Å². The van der Waals surface area contributed by atoms with E-state index in [1.807, 2.05) is 0 Å². The highest BCUT2D eigenvalue weighted by Gasteiger charge is 2.22. The van der Waals surface area contributed by atoms with Crippen LogP contribution in [0.5, 0.6) is 0 Å². The van der Waals surface area contributed by atoms with Crippen LogP contribution in [0, 0.1) is 0 Å². The molecule has 0 radical (unpaired) electrons. The molecule has 0 aliphatic heterocycles. The van der Waals surface area contributed by atoms with Crippen LogP contribution in [0.3, 0.4) is 0 Å². The molecule has 1 atom stereocenters. The van der Waals surface area contributed by atoms with Gasteiger partial charge in [-0.05, 0) is 17.7 Å². The van der Waals surface area contributed by atoms with Gasteiger partial charge >= 0.3 is 0 Å². The van der Waals surface area contributed by atoms with Crippen LogP contribution in [0.1, 0.15) is 10.8 Å². The number of benzene rings is 1. The first-order valence-corrected chi connectivity index (χ1v) is 7.00. The smallest absolute Gasteiger partial charge is 0.211 e. The molecule has 0 spiro atoms.